The first-order chi connectivity index (χ1) is 9.31. The van der Waals surface area contributed by atoms with Gasteiger partial charge in [-0.25, -0.2) is 0 Å². The average molecular weight is 263 g/mol. The fourth-order valence-corrected chi connectivity index (χ4v) is 3.07. The largest absolute Gasteiger partial charge is 0.329 e. The molecule has 1 aliphatic carbocycles. The van der Waals surface area contributed by atoms with Gasteiger partial charge in [0.25, 0.3) is 0 Å². The van der Waals surface area contributed by atoms with Crippen molar-refractivity contribution in [1.29, 1.82) is 0 Å². The molecule has 1 atom stereocenters. The summed E-state index contributed by atoms with van der Waals surface area (Å²) < 4.78 is 1.98. The highest BCUT2D eigenvalue weighted by atomic mass is 15.3. The third kappa shape index (κ3) is 2.83. The third-order valence-electron chi connectivity index (χ3n) is 4.44. The van der Waals surface area contributed by atoms with Crippen molar-refractivity contribution < 1.29 is 0 Å². The lowest BCUT2D eigenvalue weighted by Crippen LogP contribution is -2.49. The molecule has 2 N–H and O–H groups in total. The molecular formula is C14H25N5. The Hall–Kier alpha value is -0.910. The molecule has 0 spiro atoms. The zero-order valence-corrected chi connectivity index (χ0v) is 11.8. The Morgan fingerprint density at radius 2 is 2.05 bits per heavy atom. The number of nitrogens with two attached hydrogens (primary N) is 1. The third-order valence-corrected chi connectivity index (χ3v) is 4.44. The van der Waals surface area contributed by atoms with Gasteiger partial charge >= 0.3 is 0 Å². The normalized spacial score (nSPS) is 23.7. The second kappa shape index (κ2) is 5.61. The predicted molar refractivity (Wildman–Crippen MR) is 75.9 cm³/mol. The van der Waals surface area contributed by atoms with Gasteiger partial charge in [0, 0.05) is 57.1 Å². The summed E-state index contributed by atoms with van der Waals surface area (Å²) in [6.07, 6.45) is 6.94. The highest BCUT2D eigenvalue weighted by Gasteiger charge is 2.33. The van der Waals surface area contributed by atoms with Gasteiger partial charge in [0.05, 0.1) is 12.2 Å². The number of aryl methyl sites for hydroxylation is 1. The van der Waals surface area contributed by atoms with Gasteiger partial charge < -0.3 is 5.73 Å². The van der Waals surface area contributed by atoms with Crippen molar-refractivity contribution in [1.82, 2.24) is 19.6 Å². The van der Waals surface area contributed by atoms with Crippen molar-refractivity contribution in [2.24, 2.45) is 5.73 Å². The molecule has 19 heavy (non-hydrogen) atoms. The van der Waals surface area contributed by atoms with E-state index < -0.39 is 0 Å². The van der Waals surface area contributed by atoms with Gasteiger partial charge in [-0.1, -0.05) is 0 Å². The molecule has 1 unspecified atom stereocenters. The Morgan fingerprint density at radius 3 is 2.58 bits per heavy atom. The van der Waals surface area contributed by atoms with E-state index in [1.807, 2.05) is 10.9 Å². The molecular weight excluding hydrogens is 238 g/mol. The lowest BCUT2D eigenvalue weighted by molar-refractivity contribution is 0.0938. The minimum absolute atomic E-state index is 0.335. The lowest BCUT2D eigenvalue weighted by atomic mass is 10.1. The maximum absolute atomic E-state index is 6.00. The minimum atomic E-state index is 0.335. The SMILES string of the molecule is CCn1cc(C(CN)N2CCN(C3CC3)CC2)cn1. The molecule has 1 aliphatic heterocycles. The van der Waals surface area contributed by atoms with Crippen LogP contribution in [0, 0.1) is 0 Å². The second-order valence-electron chi connectivity index (χ2n) is 5.68. The van der Waals surface area contributed by atoms with E-state index in [-0.39, 0.29) is 0 Å². The van der Waals surface area contributed by atoms with Gasteiger partial charge in [0.2, 0.25) is 0 Å². The van der Waals surface area contributed by atoms with E-state index in [0.29, 0.717) is 12.6 Å². The Labute approximate surface area is 115 Å². The Kier molecular flexibility index (Phi) is 3.86. The van der Waals surface area contributed by atoms with Crippen LogP contribution in [0.2, 0.25) is 0 Å². The highest BCUT2D eigenvalue weighted by Crippen LogP contribution is 2.29. The van der Waals surface area contributed by atoms with E-state index in [1.54, 1.807) is 0 Å². The van der Waals surface area contributed by atoms with Crippen molar-refractivity contribution in [2.75, 3.05) is 32.7 Å². The molecule has 0 amide bonds. The molecule has 2 fully saturated rings. The molecule has 0 aromatic carbocycles. The average Bonchev–Trinajstić information content (AvgIpc) is 3.20. The van der Waals surface area contributed by atoms with E-state index in [0.717, 1.165) is 25.7 Å². The Balaban J connectivity index is 1.62. The smallest absolute Gasteiger partial charge is 0.0538 e. The van der Waals surface area contributed by atoms with Crippen LogP contribution in [0.5, 0.6) is 0 Å². The van der Waals surface area contributed by atoms with E-state index in [4.69, 9.17) is 5.73 Å². The molecule has 5 nitrogen and oxygen atoms in total. The van der Waals surface area contributed by atoms with Gasteiger partial charge in [-0.3, -0.25) is 14.5 Å². The monoisotopic (exact) mass is 263 g/mol. The summed E-state index contributed by atoms with van der Waals surface area (Å²) in [7, 11) is 0. The first-order valence-corrected chi connectivity index (χ1v) is 7.52. The highest BCUT2D eigenvalue weighted by molar-refractivity contribution is 5.12. The summed E-state index contributed by atoms with van der Waals surface area (Å²) in [5.41, 5.74) is 7.27. The fraction of sp³-hybridized carbons (Fsp3) is 0.786. The summed E-state index contributed by atoms with van der Waals surface area (Å²) >= 11 is 0. The molecule has 2 aliphatic rings. The molecule has 5 heteroatoms. The van der Waals surface area contributed by atoms with Crippen molar-refractivity contribution >= 4 is 0 Å². The molecule has 1 saturated heterocycles. The minimum Gasteiger partial charge on any atom is -0.329 e. The van der Waals surface area contributed by atoms with Crippen LogP contribution in [0.25, 0.3) is 0 Å². The van der Waals surface area contributed by atoms with E-state index >= 15 is 0 Å². The number of rotatable bonds is 5. The van der Waals surface area contributed by atoms with Crippen molar-refractivity contribution in [3.05, 3.63) is 18.0 Å². The van der Waals surface area contributed by atoms with E-state index in [1.165, 1.54) is 31.5 Å². The zero-order chi connectivity index (χ0) is 13.2. The maximum atomic E-state index is 6.00. The number of nitrogens with zero attached hydrogens (tertiary/aromatic N) is 4. The van der Waals surface area contributed by atoms with Crippen LogP contribution >= 0.6 is 0 Å². The Bertz CT molecular complexity index is 404. The summed E-state index contributed by atoms with van der Waals surface area (Å²) in [6, 6.07) is 1.22. The Morgan fingerprint density at radius 1 is 1.32 bits per heavy atom. The van der Waals surface area contributed by atoms with Crippen molar-refractivity contribution in [2.45, 2.75) is 38.4 Å². The predicted octanol–water partition coefficient (Wildman–Crippen LogP) is 0.683. The molecule has 106 valence electrons. The first kappa shape index (κ1) is 13.1. The summed E-state index contributed by atoms with van der Waals surface area (Å²) in [4.78, 5) is 5.16. The van der Waals surface area contributed by atoms with Crippen LogP contribution in [-0.2, 0) is 6.54 Å². The van der Waals surface area contributed by atoms with Crippen LogP contribution in [0.3, 0.4) is 0 Å². The lowest BCUT2D eigenvalue weighted by Gasteiger charge is -2.38. The van der Waals surface area contributed by atoms with Crippen LogP contribution in [0.15, 0.2) is 12.4 Å². The number of aromatic nitrogens is 2. The van der Waals surface area contributed by atoms with Gasteiger partial charge in [0.1, 0.15) is 0 Å². The standard InChI is InChI=1S/C14H25N5/c1-2-19-11-12(10-16-19)14(9-15)18-7-5-17(6-8-18)13-3-4-13/h10-11,13-14H,2-9,15H2,1H3. The number of hydrogen-bond acceptors (Lipinski definition) is 4. The van der Waals surface area contributed by atoms with Gasteiger partial charge in [0.15, 0.2) is 0 Å². The van der Waals surface area contributed by atoms with E-state index in [2.05, 4.69) is 28.0 Å². The van der Waals surface area contributed by atoms with Crippen LogP contribution < -0.4 is 5.73 Å². The second-order valence-corrected chi connectivity index (χ2v) is 5.68. The summed E-state index contributed by atoms with van der Waals surface area (Å²) in [5, 5.41) is 4.38. The summed E-state index contributed by atoms with van der Waals surface area (Å²) in [5.74, 6) is 0. The molecule has 1 aromatic rings. The van der Waals surface area contributed by atoms with Crippen molar-refractivity contribution in [3.63, 3.8) is 0 Å². The quantitative estimate of drug-likeness (QED) is 0.849. The molecule has 0 bridgehead atoms. The molecule has 1 saturated carbocycles. The van der Waals surface area contributed by atoms with Crippen molar-refractivity contribution in [3.8, 4) is 0 Å². The fourth-order valence-electron chi connectivity index (χ4n) is 3.07. The van der Waals surface area contributed by atoms with Crippen LogP contribution in [0.1, 0.15) is 31.4 Å². The van der Waals surface area contributed by atoms with Crippen LogP contribution in [-0.4, -0.2) is 58.3 Å². The number of hydrogen-bond donors (Lipinski definition) is 1. The van der Waals surface area contributed by atoms with Gasteiger partial charge in [-0.15, -0.1) is 0 Å². The first-order valence-electron chi connectivity index (χ1n) is 7.52. The topological polar surface area (TPSA) is 50.3 Å². The van der Waals surface area contributed by atoms with Gasteiger partial charge in [-0.05, 0) is 19.8 Å². The van der Waals surface area contributed by atoms with Crippen LogP contribution in [0.4, 0.5) is 0 Å². The molecule has 3 rings (SSSR count). The number of piperazine rings is 1. The molecule has 2 heterocycles. The van der Waals surface area contributed by atoms with Gasteiger partial charge in [-0.2, -0.15) is 5.10 Å². The summed E-state index contributed by atoms with van der Waals surface area (Å²) in [6.45, 7) is 8.38. The van der Waals surface area contributed by atoms with E-state index in [9.17, 15) is 0 Å². The molecule has 1 aromatic heterocycles. The maximum Gasteiger partial charge on any atom is 0.0538 e. The molecule has 0 radical (unpaired) electrons. The zero-order valence-electron chi connectivity index (χ0n) is 11.8.